The number of carboxylic acid groups (broad SMARTS) is 1. The van der Waals surface area contributed by atoms with Crippen molar-refractivity contribution in [1.29, 1.82) is 0 Å². The summed E-state index contributed by atoms with van der Waals surface area (Å²) in [6, 6.07) is 15.6. The Bertz CT molecular complexity index is 1010. The quantitative estimate of drug-likeness (QED) is 0.659. The largest absolute Gasteiger partial charge is 0.481 e. The van der Waals surface area contributed by atoms with Crippen LogP contribution in [0, 0.1) is 5.92 Å². The molecule has 1 amide bonds. The van der Waals surface area contributed by atoms with E-state index in [-0.39, 0.29) is 18.4 Å². The average molecular weight is 379 g/mol. The van der Waals surface area contributed by atoms with Crippen molar-refractivity contribution in [3.05, 3.63) is 65.5 Å². The molecule has 6 heteroatoms. The summed E-state index contributed by atoms with van der Waals surface area (Å²) in [6.45, 7) is 4.11. The van der Waals surface area contributed by atoms with E-state index in [2.05, 4.69) is 10.4 Å². The molecule has 2 aromatic carbocycles. The Labute approximate surface area is 164 Å². The van der Waals surface area contributed by atoms with Gasteiger partial charge in [0, 0.05) is 19.3 Å². The number of carbonyl (C=O) groups is 2. The molecule has 0 aliphatic heterocycles. The smallest absolute Gasteiger partial charge is 0.308 e. The lowest BCUT2D eigenvalue weighted by atomic mass is 9.97. The summed E-state index contributed by atoms with van der Waals surface area (Å²) < 4.78 is 1.68. The molecule has 1 heterocycles. The van der Waals surface area contributed by atoms with Gasteiger partial charge in [-0.3, -0.25) is 14.3 Å². The second kappa shape index (κ2) is 8.25. The predicted molar refractivity (Wildman–Crippen MR) is 108 cm³/mol. The van der Waals surface area contributed by atoms with Gasteiger partial charge in [-0.05, 0) is 34.7 Å². The lowest BCUT2D eigenvalue weighted by molar-refractivity contribution is -0.141. The summed E-state index contributed by atoms with van der Waals surface area (Å²) in [4.78, 5) is 24.1. The van der Waals surface area contributed by atoms with Crippen LogP contribution in [0.15, 0.2) is 48.5 Å². The van der Waals surface area contributed by atoms with Crippen LogP contribution in [0.2, 0.25) is 0 Å². The van der Waals surface area contributed by atoms with Crippen molar-refractivity contribution in [2.24, 2.45) is 13.0 Å². The van der Waals surface area contributed by atoms with E-state index in [4.69, 9.17) is 0 Å². The molecule has 1 atom stereocenters. The van der Waals surface area contributed by atoms with Crippen LogP contribution in [0.5, 0.6) is 0 Å². The highest BCUT2D eigenvalue weighted by Crippen LogP contribution is 2.18. The maximum absolute atomic E-state index is 12.4. The van der Waals surface area contributed by atoms with Crippen molar-refractivity contribution in [2.45, 2.75) is 26.2 Å². The normalized spacial score (nSPS) is 12.3. The van der Waals surface area contributed by atoms with E-state index in [0.717, 1.165) is 22.0 Å². The molecule has 1 aromatic heterocycles. The van der Waals surface area contributed by atoms with E-state index in [1.54, 1.807) is 17.8 Å². The van der Waals surface area contributed by atoms with Crippen molar-refractivity contribution in [1.82, 2.24) is 15.1 Å². The van der Waals surface area contributed by atoms with E-state index >= 15 is 0 Å². The third-order valence-corrected chi connectivity index (χ3v) is 4.89. The number of nitrogens with zero attached hydrogens (tertiary/aromatic N) is 2. The van der Waals surface area contributed by atoms with Gasteiger partial charge >= 0.3 is 5.97 Å². The number of hydrogen-bond acceptors (Lipinski definition) is 3. The molecule has 3 aromatic rings. The predicted octanol–water partition coefficient (Wildman–Crippen LogP) is 3.37. The van der Waals surface area contributed by atoms with E-state index in [1.807, 2.05) is 56.3 Å². The third-order valence-electron chi connectivity index (χ3n) is 4.89. The number of aromatic nitrogens is 2. The van der Waals surface area contributed by atoms with Gasteiger partial charge in [0.2, 0.25) is 0 Å². The maximum atomic E-state index is 12.4. The van der Waals surface area contributed by atoms with Crippen molar-refractivity contribution < 1.29 is 14.7 Å². The summed E-state index contributed by atoms with van der Waals surface area (Å²) in [5.41, 5.74) is 2.19. The minimum atomic E-state index is -0.933. The van der Waals surface area contributed by atoms with Crippen LogP contribution in [0.1, 0.15) is 41.5 Å². The number of benzene rings is 2. The Morgan fingerprint density at radius 3 is 2.46 bits per heavy atom. The zero-order valence-electron chi connectivity index (χ0n) is 16.3. The Kier molecular flexibility index (Phi) is 5.78. The van der Waals surface area contributed by atoms with Crippen LogP contribution in [0.4, 0.5) is 0 Å². The molecule has 146 valence electrons. The van der Waals surface area contributed by atoms with Gasteiger partial charge in [-0.15, -0.1) is 0 Å². The molecule has 6 nitrogen and oxygen atoms in total. The molecule has 1 unspecified atom stereocenters. The Hall–Kier alpha value is -3.15. The Morgan fingerprint density at radius 2 is 1.82 bits per heavy atom. The van der Waals surface area contributed by atoms with E-state index in [0.29, 0.717) is 12.1 Å². The molecule has 0 aliphatic rings. The molecular formula is C22H25N3O3. The van der Waals surface area contributed by atoms with Crippen LogP contribution in [-0.4, -0.2) is 33.3 Å². The molecule has 0 fully saturated rings. The first-order chi connectivity index (χ1) is 13.3. The van der Waals surface area contributed by atoms with Crippen molar-refractivity contribution >= 4 is 22.6 Å². The number of nitrogens with one attached hydrogen (secondary N) is 1. The lowest BCUT2D eigenvalue weighted by Gasteiger charge is -2.13. The molecule has 0 saturated carbocycles. The third kappa shape index (κ3) is 4.39. The van der Waals surface area contributed by atoms with Gasteiger partial charge in [0.05, 0.1) is 5.92 Å². The van der Waals surface area contributed by atoms with Gasteiger partial charge in [0.25, 0.3) is 5.91 Å². The first-order valence-electron chi connectivity index (χ1n) is 9.37. The number of carbonyl (C=O) groups excluding carboxylic acids is 1. The van der Waals surface area contributed by atoms with Gasteiger partial charge in [-0.25, -0.2) is 0 Å². The van der Waals surface area contributed by atoms with Crippen molar-refractivity contribution in [3.8, 4) is 0 Å². The van der Waals surface area contributed by atoms with Crippen LogP contribution >= 0.6 is 0 Å². The molecular weight excluding hydrogens is 354 g/mol. The van der Waals surface area contributed by atoms with Crippen LogP contribution in [0.3, 0.4) is 0 Å². The summed E-state index contributed by atoms with van der Waals surface area (Å²) in [5.74, 6) is -1.75. The highest BCUT2D eigenvalue weighted by atomic mass is 16.4. The van der Waals surface area contributed by atoms with E-state index < -0.39 is 11.9 Å². The molecule has 28 heavy (non-hydrogen) atoms. The number of hydrogen-bond donors (Lipinski definition) is 2. The highest BCUT2D eigenvalue weighted by Gasteiger charge is 2.21. The Balaban J connectivity index is 1.68. The lowest BCUT2D eigenvalue weighted by Crippen LogP contribution is -2.34. The van der Waals surface area contributed by atoms with Gasteiger partial charge in [0.15, 0.2) is 0 Å². The van der Waals surface area contributed by atoms with Gasteiger partial charge in [-0.1, -0.05) is 56.3 Å². The zero-order chi connectivity index (χ0) is 20.3. The fourth-order valence-electron chi connectivity index (χ4n) is 3.34. The zero-order valence-corrected chi connectivity index (χ0v) is 16.3. The number of carboxylic acids is 1. The molecule has 0 radical (unpaired) electrons. The van der Waals surface area contributed by atoms with Crippen LogP contribution < -0.4 is 5.32 Å². The highest BCUT2D eigenvalue weighted by molar-refractivity contribution is 5.92. The average Bonchev–Trinajstić information content (AvgIpc) is 3.06. The van der Waals surface area contributed by atoms with Gasteiger partial charge in [0.1, 0.15) is 5.69 Å². The first-order valence-corrected chi connectivity index (χ1v) is 9.37. The standard InChI is InChI=1S/C22H25N3O3/c1-14(2)20-12-19(24-25(20)3)21(26)23-13-18(22(27)28)11-15-8-9-16-6-4-5-7-17(16)10-15/h4-10,12,14,18H,11,13H2,1-3H3,(H,23,26)(H,27,28). The minimum absolute atomic E-state index is 0.0502. The molecule has 3 rings (SSSR count). The first kappa shape index (κ1) is 19.6. The number of aryl methyl sites for hydroxylation is 1. The van der Waals surface area contributed by atoms with Crippen LogP contribution in [0.25, 0.3) is 10.8 Å². The topological polar surface area (TPSA) is 84.2 Å². The number of aliphatic carboxylic acids is 1. The van der Waals surface area contributed by atoms with Gasteiger partial charge in [-0.2, -0.15) is 5.10 Å². The Morgan fingerprint density at radius 1 is 1.11 bits per heavy atom. The summed E-state index contributed by atoms with van der Waals surface area (Å²) >= 11 is 0. The van der Waals surface area contributed by atoms with E-state index in [9.17, 15) is 14.7 Å². The second-order valence-electron chi connectivity index (χ2n) is 7.36. The van der Waals surface area contributed by atoms with E-state index in [1.165, 1.54) is 0 Å². The molecule has 0 saturated heterocycles. The fraction of sp³-hybridized carbons (Fsp3) is 0.318. The molecule has 0 spiro atoms. The minimum Gasteiger partial charge on any atom is -0.481 e. The summed E-state index contributed by atoms with van der Waals surface area (Å²) in [5, 5.41) is 18.7. The number of fused-ring (bicyclic) bond motifs is 1. The monoisotopic (exact) mass is 379 g/mol. The molecule has 2 N–H and O–H groups in total. The van der Waals surface area contributed by atoms with Crippen molar-refractivity contribution in [3.63, 3.8) is 0 Å². The maximum Gasteiger partial charge on any atom is 0.308 e. The van der Waals surface area contributed by atoms with Crippen LogP contribution in [-0.2, 0) is 18.3 Å². The van der Waals surface area contributed by atoms with Gasteiger partial charge < -0.3 is 10.4 Å². The summed E-state index contributed by atoms with van der Waals surface area (Å²) in [6.07, 6.45) is 0.347. The second-order valence-corrected chi connectivity index (χ2v) is 7.36. The number of rotatable bonds is 7. The number of amides is 1. The van der Waals surface area contributed by atoms with Crippen molar-refractivity contribution in [2.75, 3.05) is 6.54 Å². The molecule has 0 bridgehead atoms. The fourth-order valence-corrected chi connectivity index (χ4v) is 3.34. The molecule has 0 aliphatic carbocycles. The summed E-state index contributed by atoms with van der Waals surface area (Å²) in [7, 11) is 1.80. The SMILES string of the molecule is CC(C)c1cc(C(=O)NCC(Cc2ccc3ccccc3c2)C(=O)O)nn1C.